The number of hydrogen-bond donors (Lipinski definition) is 0. The third-order valence-corrected chi connectivity index (χ3v) is 6.38. The molecule has 0 aliphatic carbocycles. The number of rotatable bonds is 6. The molecule has 4 rings (SSSR count). The molecule has 2 saturated heterocycles. The first-order chi connectivity index (χ1) is 14.4. The third kappa shape index (κ3) is 4.31. The summed E-state index contributed by atoms with van der Waals surface area (Å²) in [6, 6.07) is 10.6. The Bertz CT molecular complexity index is 1060. The maximum Gasteiger partial charge on any atom is 0.424 e. The first-order valence-corrected chi connectivity index (χ1v) is 11.6. The maximum absolute atomic E-state index is 13.0. The van der Waals surface area contributed by atoms with E-state index in [-0.39, 0.29) is 19.9 Å². The largest absolute Gasteiger partial charge is 0.424 e. The van der Waals surface area contributed by atoms with E-state index < -0.39 is 42.7 Å². The Morgan fingerprint density at radius 1 is 1.23 bits per heavy atom. The molecule has 0 bridgehead atoms. The summed E-state index contributed by atoms with van der Waals surface area (Å²) in [5.41, 5.74) is -0.248. The second-order valence-corrected chi connectivity index (χ2v) is 9.37. The molecule has 3 heterocycles. The summed E-state index contributed by atoms with van der Waals surface area (Å²) in [5, 5.41) is 0. The lowest BCUT2D eigenvalue weighted by Crippen LogP contribution is -2.44. The molecule has 2 aromatic rings. The average Bonchev–Trinajstić information content (AvgIpc) is 3.07. The number of nitrogens with zero attached hydrogens (tertiary/aromatic N) is 2. The van der Waals surface area contributed by atoms with Crippen LogP contribution in [0, 0.1) is 0 Å². The fourth-order valence-corrected chi connectivity index (χ4v) is 4.83. The standard InChI is InChI=1S/C18H20ClN2O8P/c1-25-16-15-13(10-27-30(19,24)29-15)28-17(16)20-8-7-14(22)21(18(20)23)11-26-9-12-5-3-2-4-6-12/h2-8,13,15-17H,9-11H2,1H3/t13-,15-,16-,17-,30-/m1/s1. The van der Waals surface area contributed by atoms with Crippen LogP contribution in [0.25, 0.3) is 0 Å². The minimum Gasteiger partial charge on any atom is -0.374 e. The molecule has 0 saturated carbocycles. The topological polar surface area (TPSA) is 107 Å². The smallest absolute Gasteiger partial charge is 0.374 e. The van der Waals surface area contributed by atoms with Gasteiger partial charge in [0.1, 0.15) is 25.0 Å². The quantitative estimate of drug-likeness (QED) is 0.604. The summed E-state index contributed by atoms with van der Waals surface area (Å²) in [4.78, 5) is 25.2. The van der Waals surface area contributed by atoms with Crippen LogP contribution in [0.1, 0.15) is 11.8 Å². The van der Waals surface area contributed by atoms with E-state index in [1.54, 1.807) is 0 Å². The van der Waals surface area contributed by atoms with Crippen LogP contribution in [0.3, 0.4) is 0 Å². The number of benzene rings is 1. The molecule has 0 N–H and O–H groups in total. The highest BCUT2D eigenvalue weighted by Gasteiger charge is 2.53. The van der Waals surface area contributed by atoms with E-state index in [4.69, 9.17) is 34.5 Å². The highest BCUT2D eigenvalue weighted by molar-refractivity contribution is 7.81. The molecule has 1 aromatic heterocycles. The van der Waals surface area contributed by atoms with Gasteiger partial charge in [-0.1, -0.05) is 30.3 Å². The Hall–Kier alpha value is -1.78. The second-order valence-electron chi connectivity index (χ2n) is 6.80. The molecule has 12 heteroatoms. The van der Waals surface area contributed by atoms with E-state index in [0.29, 0.717) is 0 Å². The summed E-state index contributed by atoms with van der Waals surface area (Å²) in [7, 11) is 1.41. The lowest BCUT2D eigenvalue weighted by atomic mass is 10.1. The summed E-state index contributed by atoms with van der Waals surface area (Å²) in [6.07, 6.45) is -1.84. The lowest BCUT2D eigenvalue weighted by Gasteiger charge is -2.29. The predicted octanol–water partition coefficient (Wildman–Crippen LogP) is 1.86. The van der Waals surface area contributed by atoms with Gasteiger partial charge in [-0.15, -0.1) is 0 Å². The molecule has 5 atom stereocenters. The van der Waals surface area contributed by atoms with Gasteiger partial charge in [0.25, 0.3) is 5.56 Å². The van der Waals surface area contributed by atoms with Crippen molar-refractivity contribution >= 4 is 18.2 Å². The van der Waals surface area contributed by atoms with Crippen molar-refractivity contribution in [1.82, 2.24) is 9.13 Å². The van der Waals surface area contributed by atoms with Crippen LogP contribution in [0.4, 0.5) is 0 Å². The number of aromatic nitrogens is 2. The third-order valence-electron chi connectivity index (χ3n) is 4.90. The maximum atomic E-state index is 13.0. The van der Waals surface area contributed by atoms with E-state index in [0.717, 1.165) is 10.1 Å². The molecular weight excluding hydrogens is 439 g/mol. The zero-order valence-electron chi connectivity index (χ0n) is 16.0. The van der Waals surface area contributed by atoms with Crippen molar-refractivity contribution in [2.75, 3.05) is 13.7 Å². The van der Waals surface area contributed by atoms with Gasteiger partial charge in [0.05, 0.1) is 13.2 Å². The minimum absolute atomic E-state index is 0.0730. The fourth-order valence-electron chi connectivity index (χ4n) is 3.46. The molecular formula is C18H20ClN2O8P. The summed E-state index contributed by atoms with van der Waals surface area (Å²) >= 11 is 5.71. The Morgan fingerprint density at radius 3 is 2.73 bits per heavy atom. The van der Waals surface area contributed by atoms with Crippen molar-refractivity contribution in [2.45, 2.75) is 37.9 Å². The first-order valence-electron chi connectivity index (χ1n) is 9.14. The molecule has 30 heavy (non-hydrogen) atoms. The lowest BCUT2D eigenvalue weighted by molar-refractivity contribution is -0.0641. The van der Waals surface area contributed by atoms with Gasteiger partial charge in [0.2, 0.25) is 0 Å². The van der Waals surface area contributed by atoms with Gasteiger partial charge in [-0.25, -0.2) is 13.9 Å². The number of methoxy groups -OCH3 is 1. The van der Waals surface area contributed by atoms with Crippen LogP contribution in [-0.2, 0) is 41.2 Å². The van der Waals surface area contributed by atoms with Gasteiger partial charge in [-0.2, -0.15) is 0 Å². The first kappa shape index (κ1) is 21.5. The van der Waals surface area contributed by atoms with Gasteiger partial charge in [-0.05, 0) is 5.56 Å². The van der Waals surface area contributed by atoms with Crippen LogP contribution in [0.15, 0.2) is 52.2 Å². The molecule has 2 fully saturated rings. The normalized spacial score (nSPS) is 30.9. The summed E-state index contributed by atoms with van der Waals surface area (Å²) < 4.78 is 41.2. The number of ether oxygens (including phenoxy) is 3. The Labute approximate surface area is 176 Å². The van der Waals surface area contributed by atoms with Crippen molar-refractivity contribution < 1.29 is 27.8 Å². The zero-order chi connectivity index (χ0) is 21.3. The Balaban J connectivity index is 1.56. The van der Waals surface area contributed by atoms with Crippen molar-refractivity contribution in [3.8, 4) is 0 Å². The fraction of sp³-hybridized carbons (Fsp3) is 0.444. The Morgan fingerprint density at radius 2 is 2.00 bits per heavy atom. The SMILES string of the molecule is CO[C@@H]1[C@@H]2O[P@@](=O)(Cl)OC[C@H]2O[C@H]1n1ccc(=O)n(COCc2ccccc2)c1=O. The highest BCUT2D eigenvalue weighted by atomic mass is 35.7. The van der Waals surface area contributed by atoms with Gasteiger partial charge >= 0.3 is 12.6 Å². The van der Waals surface area contributed by atoms with E-state index in [2.05, 4.69) is 0 Å². The number of hydrogen-bond acceptors (Lipinski definition) is 8. The van der Waals surface area contributed by atoms with Gasteiger partial charge in [0.15, 0.2) is 6.23 Å². The van der Waals surface area contributed by atoms with E-state index in [1.807, 2.05) is 30.3 Å². The van der Waals surface area contributed by atoms with E-state index >= 15 is 0 Å². The van der Waals surface area contributed by atoms with Crippen LogP contribution in [-0.4, -0.2) is 41.2 Å². The summed E-state index contributed by atoms with van der Waals surface area (Å²) in [6.45, 7) is -3.82. The molecule has 162 valence electrons. The van der Waals surface area contributed by atoms with Gasteiger partial charge in [0, 0.05) is 30.6 Å². The minimum atomic E-state index is -3.75. The highest BCUT2D eigenvalue weighted by Crippen LogP contribution is 2.59. The van der Waals surface area contributed by atoms with E-state index in [1.165, 1.54) is 23.9 Å². The predicted molar refractivity (Wildman–Crippen MR) is 105 cm³/mol. The summed E-state index contributed by atoms with van der Waals surface area (Å²) in [5.74, 6) is 0. The molecule has 0 amide bonds. The molecule has 10 nitrogen and oxygen atoms in total. The molecule has 0 radical (unpaired) electrons. The number of halogens is 1. The van der Waals surface area contributed by atoms with Gasteiger partial charge in [-0.3, -0.25) is 18.4 Å². The molecule has 2 aliphatic rings. The molecule has 0 spiro atoms. The van der Waals surface area contributed by atoms with Crippen LogP contribution >= 0.6 is 18.2 Å². The molecule has 0 unspecified atom stereocenters. The van der Waals surface area contributed by atoms with Crippen LogP contribution in [0.5, 0.6) is 0 Å². The van der Waals surface area contributed by atoms with Crippen LogP contribution in [0.2, 0.25) is 0 Å². The van der Waals surface area contributed by atoms with E-state index in [9.17, 15) is 14.2 Å². The Kier molecular flexibility index (Phi) is 6.26. The molecule has 2 aliphatic heterocycles. The van der Waals surface area contributed by atoms with Crippen molar-refractivity contribution in [3.63, 3.8) is 0 Å². The zero-order valence-corrected chi connectivity index (χ0v) is 17.6. The second kappa shape index (κ2) is 8.76. The van der Waals surface area contributed by atoms with Gasteiger partial charge < -0.3 is 14.2 Å². The van der Waals surface area contributed by atoms with Crippen molar-refractivity contribution in [2.24, 2.45) is 0 Å². The number of fused-ring (bicyclic) bond motifs is 1. The molecule has 1 aromatic carbocycles. The van der Waals surface area contributed by atoms with Crippen molar-refractivity contribution in [1.29, 1.82) is 0 Å². The average molecular weight is 459 g/mol. The monoisotopic (exact) mass is 458 g/mol. The van der Waals surface area contributed by atoms with Crippen molar-refractivity contribution in [3.05, 3.63) is 69.0 Å². The van der Waals surface area contributed by atoms with Crippen LogP contribution < -0.4 is 11.2 Å².